The van der Waals surface area contributed by atoms with Gasteiger partial charge in [0.1, 0.15) is 6.07 Å². The third kappa shape index (κ3) is 3.52. The second-order valence-electron chi connectivity index (χ2n) is 5.53. The molecule has 0 radical (unpaired) electrons. The molecule has 1 saturated heterocycles. The summed E-state index contributed by atoms with van der Waals surface area (Å²) in [5.41, 5.74) is 2.29. The fourth-order valence-corrected chi connectivity index (χ4v) is 2.88. The zero-order chi connectivity index (χ0) is 16.3. The third-order valence-electron chi connectivity index (χ3n) is 3.72. The molecule has 116 valence electrons. The number of anilines is 1. The molecule has 1 aliphatic rings. The van der Waals surface area contributed by atoms with E-state index < -0.39 is 6.09 Å². The van der Waals surface area contributed by atoms with Gasteiger partial charge >= 0.3 is 6.09 Å². The number of amides is 1. The van der Waals surface area contributed by atoms with Gasteiger partial charge in [-0.05, 0) is 31.5 Å². The van der Waals surface area contributed by atoms with Crippen molar-refractivity contribution in [1.82, 2.24) is 4.90 Å². The van der Waals surface area contributed by atoms with E-state index >= 15 is 0 Å². The molecule has 0 spiro atoms. The topological polar surface area (TPSA) is 67.6 Å². The first kappa shape index (κ1) is 16.2. The fourth-order valence-electron chi connectivity index (χ4n) is 2.67. The summed E-state index contributed by atoms with van der Waals surface area (Å²) in [4.78, 5) is 14.6. The Morgan fingerprint density at radius 1 is 1.64 bits per heavy atom. The molecular formula is C16H18ClN3O2. The minimum absolute atomic E-state index is 0.0804. The highest BCUT2D eigenvalue weighted by Gasteiger charge is 2.30. The molecule has 1 heterocycles. The van der Waals surface area contributed by atoms with Gasteiger partial charge in [0.2, 0.25) is 0 Å². The first-order chi connectivity index (χ1) is 10.4. The number of benzene rings is 1. The van der Waals surface area contributed by atoms with Gasteiger partial charge in [-0.3, -0.25) is 0 Å². The van der Waals surface area contributed by atoms with Crippen molar-refractivity contribution in [3.63, 3.8) is 0 Å². The van der Waals surface area contributed by atoms with E-state index in [0.717, 1.165) is 17.7 Å². The lowest BCUT2D eigenvalue weighted by molar-refractivity contribution is 0.155. The lowest BCUT2D eigenvalue weighted by Crippen LogP contribution is -2.39. The van der Waals surface area contributed by atoms with Crippen LogP contribution in [0, 0.1) is 11.3 Å². The molecular weight excluding hydrogens is 302 g/mol. The normalized spacial score (nSPS) is 17.1. The lowest BCUT2D eigenvalue weighted by atomic mass is 10.1. The molecule has 1 fully saturated rings. The highest BCUT2D eigenvalue weighted by atomic mass is 35.5. The lowest BCUT2D eigenvalue weighted by Gasteiger charge is -2.31. The number of likely N-dealkylation sites (tertiary alicyclic amines) is 1. The number of hydrogen-bond acceptors (Lipinski definition) is 3. The average molecular weight is 320 g/mol. The van der Waals surface area contributed by atoms with Crippen LogP contribution in [0.25, 0.3) is 0 Å². The van der Waals surface area contributed by atoms with Crippen LogP contribution in [-0.4, -0.2) is 41.8 Å². The molecule has 1 amide bonds. The van der Waals surface area contributed by atoms with Crippen LogP contribution in [0.15, 0.2) is 30.4 Å². The van der Waals surface area contributed by atoms with E-state index in [1.165, 1.54) is 4.90 Å². The Balaban J connectivity index is 2.27. The Morgan fingerprint density at radius 3 is 2.86 bits per heavy atom. The van der Waals surface area contributed by atoms with Gasteiger partial charge in [-0.1, -0.05) is 23.8 Å². The summed E-state index contributed by atoms with van der Waals surface area (Å²) < 4.78 is 0. The van der Waals surface area contributed by atoms with Gasteiger partial charge in [-0.15, -0.1) is 0 Å². The highest BCUT2D eigenvalue weighted by Crippen LogP contribution is 2.28. The molecule has 0 aliphatic carbocycles. The third-order valence-corrected chi connectivity index (χ3v) is 4.03. The number of hydrogen-bond donors (Lipinski definition) is 1. The summed E-state index contributed by atoms with van der Waals surface area (Å²) in [6.45, 7) is 7.49. The number of halogens is 1. The molecule has 1 aromatic carbocycles. The van der Waals surface area contributed by atoms with Crippen molar-refractivity contribution in [2.24, 2.45) is 0 Å². The number of nitriles is 1. The van der Waals surface area contributed by atoms with Gasteiger partial charge in [0.05, 0.1) is 10.6 Å². The van der Waals surface area contributed by atoms with Crippen LogP contribution in [0.3, 0.4) is 0 Å². The molecule has 6 heteroatoms. The summed E-state index contributed by atoms with van der Waals surface area (Å²) >= 11 is 6.12. The molecule has 22 heavy (non-hydrogen) atoms. The Hall–Kier alpha value is -2.19. The summed E-state index contributed by atoms with van der Waals surface area (Å²) in [6, 6.07) is 7.41. The second kappa shape index (κ2) is 6.71. The standard InChI is InChI=1S/C16H18ClN3O2/c1-11(2)9-20(14-5-6-19(10-14)16(21)22)13-4-3-12(8-18)15(17)7-13/h3-4,7,14H,1,5-6,9-10H2,2H3,(H,21,22)/t14-/m0/s1. The maximum atomic E-state index is 11.1. The minimum atomic E-state index is -0.893. The minimum Gasteiger partial charge on any atom is -0.465 e. The second-order valence-corrected chi connectivity index (χ2v) is 5.94. The molecule has 0 aromatic heterocycles. The van der Waals surface area contributed by atoms with Crippen molar-refractivity contribution in [3.05, 3.63) is 40.9 Å². The summed E-state index contributed by atoms with van der Waals surface area (Å²) in [5, 5.41) is 18.5. The van der Waals surface area contributed by atoms with Gasteiger partial charge in [0.15, 0.2) is 0 Å². The van der Waals surface area contributed by atoms with Crippen LogP contribution in [0.5, 0.6) is 0 Å². The fraction of sp³-hybridized carbons (Fsp3) is 0.375. The number of nitrogens with zero attached hydrogens (tertiary/aromatic N) is 3. The van der Waals surface area contributed by atoms with E-state index in [1.807, 2.05) is 19.1 Å². The van der Waals surface area contributed by atoms with Crippen molar-refractivity contribution < 1.29 is 9.90 Å². The number of carboxylic acid groups (broad SMARTS) is 1. The zero-order valence-electron chi connectivity index (χ0n) is 12.4. The monoisotopic (exact) mass is 319 g/mol. The Morgan fingerprint density at radius 2 is 2.36 bits per heavy atom. The quantitative estimate of drug-likeness (QED) is 0.864. The summed E-state index contributed by atoms with van der Waals surface area (Å²) in [6.07, 6.45) is -0.132. The SMILES string of the molecule is C=C(C)CN(c1ccc(C#N)c(Cl)c1)[C@H]1CCN(C(=O)O)C1. The van der Waals surface area contributed by atoms with Crippen LogP contribution >= 0.6 is 11.6 Å². The molecule has 0 saturated carbocycles. The first-order valence-corrected chi connectivity index (χ1v) is 7.38. The van der Waals surface area contributed by atoms with Gasteiger partial charge in [-0.25, -0.2) is 4.79 Å². The number of rotatable bonds is 4. The summed E-state index contributed by atoms with van der Waals surface area (Å²) in [7, 11) is 0. The number of carbonyl (C=O) groups is 1. The maximum Gasteiger partial charge on any atom is 0.407 e. The molecule has 0 bridgehead atoms. The molecule has 1 atom stereocenters. The van der Waals surface area contributed by atoms with Gasteiger partial charge in [-0.2, -0.15) is 5.26 Å². The van der Waals surface area contributed by atoms with Crippen molar-refractivity contribution in [2.45, 2.75) is 19.4 Å². The first-order valence-electron chi connectivity index (χ1n) is 7.01. The largest absolute Gasteiger partial charge is 0.465 e. The molecule has 5 nitrogen and oxygen atoms in total. The van der Waals surface area contributed by atoms with E-state index in [4.69, 9.17) is 22.0 Å². The van der Waals surface area contributed by atoms with Crippen LogP contribution in [0.2, 0.25) is 5.02 Å². The van der Waals surface area contributed by atoms with E-state index in [9.17, 15) is 4.79 Å². The van der Waals surface area contributed by atoms with Crippen molar-refractivity contribution in [1.29, 1.82) is 5.26 Å². The van der Waals surface area contributed by atoms with E-state index in [2.05, 4.69) is 11.5 Å². The van der Waals surface area contributed by atoms with E-state index in [-0.39, 0.29) is 6.04 Å². The van der Waals surface area contributed by atoms with Gasteiger partial charge < -0.3 is 14.9 Å². The molecule has 1 aromatic rings. The molecule has 2 rings (SSSR count). The van der Waals surface area contributed by atoms with Crippen molar-refractivity contribution in [2.75, 3.05) is 24.5 Å². The Kier molecular flexibility index (Phi) is 4.94. The Bertz CT molecular complexity index is 639. The van der Waals surface area contributed by atoms with E-state index in [1.54, 1.807) is 12.1 Å². The molecule has 0 unspecified atom stereocenters. The smallest absolute Gasteiger partial charge is 0.407 e. The van der Waals surface area contributed by atoms with Crippen LogP contribution < -0.4 is 4.90 Å². The van der Waals surface area contributed by atoms with Crippen molar-refractivity contribution >= 4 is 23.4 Å². The average Bonchev–Trinajstić information content (AvgIpc) is 2.94. The van der Waals surface area contributed by atoms with Crippen LogP contribution in [-0.2, 0) is 0 Å². The zero-order valence-corrected chi connectivity index (χ0v) is 13.2. The van der Waals surface area contributed by atoms with Gasteiger partial charge in [0.25, 0.3) is 0 Å². The van der Waals surface area contributed by atoms with Gasteiger partial charge in [0, 0.05) is 31.4 Å². The molecule has 1 N–H and O–H groups in total. The highest BCUT2D eigenvalue weighted by molar-refractivity contribution is 6.32. The van der Waals surface area contributed by atoms with Crippen molar-refractivity contribution in [3.8, 4) is 6.07 Å². The van der Waals surface area contributed by atoms with Crippen LogP contribution in [0.1, 0.15) is 18.9 Å². The summed E-state index contributed by atoms with van der Waals surface area (Å²) in [5.74, 6) is 0. The predicted octanol–water partition coefficient (Wildman–Crippen LogP) is 3.35. The van der Waals surface area contributed by atoms with Crippen LogP contribution in [0.4, 0.5) is 10.5 Å². The maximum absolute atomic E-state index is 11.1. The molecule has 1 aliphatic heterocycles. The van der Waals surface area contributed by atoms with E-state index in [0.29, 0.717) is 30.2 Å². The predicted molar refractivity (Wildman–Crippen MR) is 86.3 cm³/mol. The Labute approximate surface area is 135 Å².